The van der Waals surface area contributed by atoms with E-state index in [-0.39, 0.29) is 0 Å². The van der Waals surface area contributed by atoms with E-state index in [1.807, 2.05) is 18.5 Å². The normalized spacial score (nSPS) is 15.1. The summed E-state index contributed by atoms with van der Waals surface area (Å²) in [6.07, 6.45) is 6.83. The molecule has 1 saturated heterocycles. The molecule has 0 aliphatic carbocycles. The summed E-state index contributed by atoms with van der Waals surface area (Å²) in [6.45, 7) is 3.84. The number of fused-ring (bicyclic) bond motifs is 1. The molecule has 3 N–H and O–H groups in total. The van der Waals surface area contributed by atoms with Crippen LogP contribution in [0.25, 0.3) is 17.1 Å². The number of nitrogens with one attached hydrogen (secondary N) is 1. The van der Waals surface area contributed by atoms with E-state index in [0.717, 1.165) is 48.5 Å². The highest BCUT2D eigenvalue weighted by Crippen LogP contribution is 2.25. The quantitative estimate of drug-likeness (QED) is 0.711. The van der Waals surface area contributed by atoms with Crippen molar-refractivity contribution >= 4 is 34.4 Å². The van der Waals surface area contributed by atoms with Gasteiger partial charge in [0.15, 0.2) is 0 Å². The first-order chi connectivity index (χ1) is 12.7. The number of aromatic amines is 1. The summed E-state index contributed by atoms with van der Waals surface area (Å²) in [4.78, 5) is 23.4. The molecule has 1 fully saturated rings. The van der Waals surface area contributed by atoms with Crippen molar-refractivity contribution in [1.29, 1.82) is 0 Å². The van der Waals surface area contributed by atoms with Gasteiger partial charge in [-0.05, 0) is 24.3 Å². The monoisotopic (exact) mass is 347 g/mol. The SMILES string of the molecule is NC(=O)C=Cc1c[nH]c2ncc(N3CCN(c4ccccc4)CC3)cc12. The molecule has 2 aromatic heterocycles. The Labute approximate surface area is 151 Å². The first kappa shape index (κ1) is 16.2. The van der Waals surface area contributed by atoms with E-state index in [1.54, 1.807) is 6.08 Å². The number of carbonyl (C=O) groups excluding carboxylic acids is 1. The van der Waals surface area contributed by atoms with Gasteiger partial charge in [-0.1, -0.05) is 18.2 Å². The fraction of sp³-hybridized carbons (Fsp3) is 0.200. The van der Waals surface area contributed by atoms with Crippen LogP contribution in [0.1, 0.15) is 5.56 Å². The lowest BCUT2D eigenvalue weighted by Gasteiger charge is -2.37. The number of amides is 1. The summed E-state index contributed by atoms with van der Waals surface area (Å²) >= 11 is 0. The van der Waals surface area contributed by atoms with Gasteiger partial charge in [0, 0.05) is 55.1 Å². The van der Waals surface area contributed by atoms with Crippen LogP contribution in [-0.4, -0.2) is 42.1 Å². The number of piperazine rings is 1. The summed E-state index contributed by atoms with van der Waals surface area (Å²) in [7, 11) is 0. The molecule has 3 heterocycles. The maximum Gasteiger partial charge on any atom is 0.241 e. The number of H-pyrrole nitrogens is 1. The summed E-state index contributed by atoms with van der Waals surface area (Å²) in [6, 6.07) is 12.6. The molecule has 26 heavy (non-hydrogen) atoms. The molecular weight excluding hydrogens is 326 g/mol. The van der Waals surface area contributed by atoms with Crippen LogP contribution in [-0.2, 0) is 4.79 Å². The molecule has 0 saturated carbocycles. The van der Waals surface area contributed by atoms with Crippen LogP contribution in [0.5, 0.6) is 0 Å². The Morgan fingerprint density at radius 2 is 1.77 bits per heavy atom. The van der Waals surface area contributed by atoms with Crippen molar-refractivity contribution in [3.8, 4) is 0 Å². The molecule has 6 heteroatoms. The number of benzene rings is 1. The highest BCUT2D eigenvalue weighted by molar-refractivity contribution is 5.95. The average molecular weight is 347 g/mol. The van der Waals surface area contributed by atoms with Crippen LogP contribution in [0.15, 0.2) is 54.9 Å². The second kappa shape index (κ2) is 6.92. The number of carbonyl (C=O) groups is 1. The first-order valence-corrected chi connectivity index (χ1v) is 8.70. The number of hydrogen-bond donors (Lipinski definition) is 2. The Morgan fingerprint density at radius 1 is 1.08 bits per heavy atom. The van der Waals surface area contributed by atoms with Crippen LogP contribution in [0, 0.1) is 0 Å². The van der Waals surface area contributed by atoms with Gasteiger partial charge < -0.3 is 20.5 Å². The third-order valence-corrected chi connectivity index (χ3v) is 4.74. The molecule has 1 aromatic carbocycles. The van der Waals surface area contributed by atoms with Crippen molar-refractivity contribution in [3.63, 3.8) is 0 Å². The predicted octanol–water partition coefficient (Wildman–Crippen LogP) is 2.39. The number of primary amides is 1. The third kappa shape index (κ3) is 3.26. The van der Waals surface area contributed by atoms with Gasteiger partial charge in [-0.3, -0.25) is 4.79 Å². The summed E-state index contributed by atoms with van der Waals surface area (Å²) in [5, 5.41) is 0.991. The van der Waals surface area contributed by atoms with Crippen molar-refractivity contribution in [2.24, 2.45) is 5.73 Å². The van der Waals surface area contributed by atoms with E-state index in [4.69, 9.17) is 5.73 Å². The Kier molecular flexibility index (Phi) is 4.31. The van der Waals surface area contributed by atoms with E-state index >= 15 is 0 Å². The summed E-state index contributed by atoms with van der Waals surface area (Å²) in [5.41, 5.74) is 9.28. The maximum atomic E-state index is 11.0. The van der Waals surface area contributed by atoms with Gasteiger partial charge in [-0.15, -0.1) is 0 Å². The van der Waals surface area contributed by atoms with Crippen molar-refractivity contribution in [3.05, 3.63) is 60.4 Å². The predicted molar refractivity (Wildman–Crippen MR) is 105 cm³/mol. The number of hydrogen-bond acceptors (Lipinski definition) is 4. The zero-order chi connectivity index (χ0) is 17.9. The van der Waals surface area contributed by atoms with Gasteiger partial charge in [-0.2, -0.15) is 0 Å². The van der Waals surface area contributed by atoms with Gasteiger partial charge in [-0.25, -0.2) is 4.98 Å². The topological polar surface area (TPSA) is 78.2 Å². The van der Waals surface area contributed by atoms with E-state index in [1.165, 1.54) is 11.8 Å². The van der Waals surface area contributed by atoms with Crippen molar-refractivity contribution in [2.75, 3.05) is 36.0 Å². The van der Waals surface area contributed by atoms with Gasteiger partial charge in [0.2, 0.25) is 5.91 Å². The molecule has 0 spiro atoms. The van der Waals surface area contributed by atoms with E-state index < -0.39 is 5.91 Å². The van der Waals surface area contributed by atoms with Crippen LogP contribution >= 0.6 is 0 Å². The Balaban J connectivity index is 1.52. The molecule has 0 radical (unpaired) electrons. The molecule has 3 aromatic rings. The number of rotatable bonds is 4. The molecule has 4 rings (SSSR count). The summed E-state index contributed by atoms with van der Waals surface area (Å²) in [5.74, 6) is -0.458. The molecule has 1 aliphatic rings. The molecule has 1 aliphatic heterocycles. The lowest BCUT2D eigenvalue weighted by atomic mass is 10.1. The second-order valence-corrected chi connectivity index (χ2v) is 6.38. The van der Waals surface area contributed by atoms with Crippen LogP contribution < -0.4 is 15.5 Å². The van der Waals surface area contributed by atoms with Gasteiger partial charge in [0.05, 0.1) is 11.9 Å². The first-order valence-electron chi connectivity index (χ1n) is 8.70. The summed E-state index contributed by atoms with van der Waals surface area (Å²) < 4.78 is 0. The number of nitrogens with two attached hydrogens (primary N) is 1. The Hall–Kier alpha value is -3.28. The number of pyridine rings is 1. The van der Waals surface area contributed by atoms with E-state index in [9.17, 15) is 4.79 Å². The molecule has 0 bridgehead atoms. The van der Waals surface area contributed by atoms with E-state index in [2.05, 4.69) is 50.1 Å². The minimum Gasteiger partial charge on any atom is -0.368 e. The van der Waals surface area contributed by atoms with Gasteiger partial charge >= 0.3 is 0 Å². The number of aromatic nitrogens is 2. The molecule has 6 nitrogen and oxygen atoms in total. The lowest BCUT2D eigenvalue weighted by Crippen LogP contribution is -2.46. The minimum atomic E-state index is -0.458. The molecular formula is C20H21N5O. The Bertz CT molecular complexity index is 939. The largest absolute Gasteiger partial charge is 0.368 e. The fourth-order valence-corrected chi connectivity index (χ4v) is 3.36. The third-order valence-electron chi connectivity index (χ3n) is 4.74. The highest BCUT2D eigenvalue weighted by atomic mass is 16.1. The lowest BCUT2D eigenvalue weighted by molar-refractivity contribution is -0.113. The number of para-hydroxylation sites is 1. The van der Waals surface area contributed by atoms with Crippen molar-refractivity contribution in [2.45, 2.75) is 0 Å². The number of nitrogens with zero attached hydrogens (tertiary/aromatic N) is 3. The van der Waals surface area contributed by atoms with Crippen LogP contribution in [0.4, 0.5) is 11.4 Å². The zero-order valence-corrected chi connectivity index (χ0v) is 14.4. The second-order valence-electron chi connectivity index (χ2n) is 6.38. The van der Waals surface area contributed by atoms with Crippen molar-refractivity contribution in [1.82, 2.24) is 9.97 Å². The van der Waals surface area contributed by atoms with E-state index in [0.29, 0.717) is 0 Å². The minimum absolute atomic E-state index is 0.458. The number of anilines is 2. The molecule has 132 valence electrons. The Morgan fingerprint density at radius 3 is 2.46 bits per heavy atom. The van der Waals surface area contributed by atoms with Crippen LogP contribution in [0.3, 0.4) is 0 Å². The van der Waals surface area contributed by atoms with Crippen molar-refractivity contribution < 1.29 is 4.79 Å². The standard InChI is InChI=1S/C20H21N5O/c21-19(26)7-6-15-13-22-20-18(15)12-17(14-23-20)25-10-8-24(9-11-25)16-4-2-1-3-5-16/h1-7,12-14H,8-11H2,(H2,21,26)(H,22,23). The smallest absolute Gasteiger partial charge is 0.241 e. The maximum absolute atomic E-state index is 11.0. The molecule has 0 unspecified atom stereocenters. The van der Waals surface area contributed by atoms with Crippen LogP contribution in [0.2, 0.25) is 0 Å². The molecule has 0 atom stereocenters. The van der Waals surface area contributed by atoms with Gasteiger partial charge in [0.1, 0.15) is 5.65 Å². The fourth-order valence-electron chi connectivity index (χ4n) is 3.36. The average Bonchev–Trinajstić information content (AvgIpc) is 3.09. The highest BCUT2D eigenvalue weighted by Gasteiger charge is 2.18. The molecule has 1 amide bonds. The van der Waals surface area contributed by atoms with Gasteiger partial charge in [0.25, 0.3) is 0 Å². The zero-order valence-electron chi connectivity index (χ0n) is 14.4.